The van der Waals surface area contributed by atoms with Crippen molar-refractivity contribution in [2.75, 3.05) is 0 Å². The summed E-state index contributed by atoms with van der Waals surface area (Å²) in [6.07, 6.45) is 4.87. The zero-order valence-electron chi connectivity index (χ0n) is 8.01. The van der Waals surface area contributed by atoms with Gasteiger partial charge < -0.3 is 4.84 Å². The number of carbonyl (C=O) groups is 1. The number of hydrogen-bond donors (Lipinski definition) is 0. The van der Waals surface area contributed by atoms with Gasteiger partial charge in [-0.05, 0) is 6.42 Å². The average molecular weight is 203 g/mol. The van der Waals surface area contributed by atoms with Crippen LogP contribution in [0.4, 0.5) is 0 Å². The van der Waals surface area contributed by atoms with Crippen molar-refractivity contribution in [3.8, 4) is 12.1 Å². The van der Waals surface area contributed by atoms with E-state index in [1.54, 1.807) is 6.08 Å². The standard InChI is InChI=1S/C10H9N3O2/c11-6-10(7-12)5-1-2-8-3-4-9(14)15-13(8)10/h1-2,8H,3-5H2. The van der Waals surface area contributed by atoms with E-state index < -0.39 is 5.54 Å². The molecular weight excluding hydrogens is 194 g/mol. The molecule has 0 saturated carbocycles. The Morgan fingerprint density at radius 1 is 1.53 bits per heavy atom. The molecule has 2 aliphatic heterocycles. The molecule has 0 radical (unpaired) electrons. The van der Waals surface area contributed by atoms with Gasteiger partial charge in [-0.2, -0.15) is 10.5 Å². The minimum absolute atomic E-state index is 0.143. The molecule has 1 fully saturated rings. The minimum Gasteiger partial charge on any atom is -0.365 e. The van der Waals surface area contributed by atoms with E-state index in [4.69, 9.17) is 15.4 Å². The number of nitriles is 2. The van der Waals surface area contributed by atoms with Gasteiger partial charge in [-0.1, -0.05) is 17.2 Å². The second-order valence-electron chi connectivity index (χ2n) is 3.61. The van der Waals surface area contributed by atoms with Gasteiger partial charge in [0, 0.05) is 12.8 Å². The van der Waals surface area contributed by atoms with Crippen molar-refractivity contribution >= 4 is 5.97 Å². The first-order valence-electron chi connectivity index (χ1n) is 4.71. The molecule has 2 heterocycles. The molecule has 2 rings (SSSR count). The predicted octanol–water partition coefficient (Wildman–Crippen LogP) is 0.655. The Kier molecular flexibility index (Phi) is 2.18. The topological polar surface area (TPSA) is 77.1 Å². The van der Waals surface area contributed by atoms with Gasteiger partial charge >= 0.3 is 5.97 Å². The van der Waals surface area contributed by atoms with Crippen molar-refractivity contribution < 1.29 is 9.63 Å². The number of hydrogen-bond acceptors (Lipinski definition) is 5. The first kappa shape index (κ1) is 9.70. The first-order valence-corrected chi connectivity index (χ1v) is 4.71. The van der Waals surface area contributed by atoms with Crippen molar-refractivity contribution in [3.05, 3.63) is 12.2 Å². The molecular formula is C10H9N3O2. The Balaban J connectivity index is 2.36. The van der Waals surface area contributed by atoms with Crippen LogP contribution >= 0.6 is 0 Å². The molecule has 0 aliphatic carbocycles. The van der Waals surface area contributed by atoms with Crippen LogP contribution in [0.25, 0.3) is 0 Å². The summed E-state index contributed by atoms with van der Waals surface area (Å²) < 4.78 is 0. The smallest absolute Gasteiger partial charge is 0.325 e. The van der Waals surface area contributed by atoms with E-state index in [2.05, 4.69) is 0 Å². The molecule has 0 aromatic carbocycles. The summed E-state index contributed by atoms with van der Waals surface area (Å²) in [5.41, 5.74) is -1.35. The molecule has 0 bridgehead atoms. The quantitative estimate of drug-likeness (QED) is 0.540. The van der Waals surface area contributed by atoms with Gasteiger partial charge in [-0.25, -0.2) is 0 Å². The molecule has 0 aromatic heterocycles. The maximum atomic E-state index is 11.1. The molecule has 5 nitrogen and oxygen atoms in total. The zero-order chi connectivity index (χ0) is 10.9. The highest BCUT2D eigenvalue weighted by Gasteiger charge is 2.47. The third-order valence-electron chi connectivity index (χ3n) is 2.66. The van der Waals surface area contributed by atoms with Crippen molar-refractivity contribution in [1.29, 1.82) is 10.5 Å². The summed E-state index contributed by atoms with van der Waals surface area (Å²) in [5, 5.41) is 19.3. The van der Waals surface area contributed by atoms with Crippen LogP contribution < -0.4 is 0 Å². The Bertz CT molecular complexity index is 388. The first-order chi connectivity index (χ1) is 7.22. The molecule has 5 heteroatoms. The van der Waals surface area contributed by atoms with Crippen LogP contribution in [-0.2, 0) is 9.63 Å². The van der Waals surface area contributed by atoms with Crippen LogP contribution in [0.2, 0.25) is 0 Å². The number of carbonyl (C=O) groups excluding carboxylic acids is 1. The van der Waals surface area contributed by atoms with Crippen LogP contribution in [0.1, 0.15) is 19.3 Å². The van der Waals surface area contributed by atoms with Gasteiger partial charge in [0.25, 0.3) is 0 Å². The fraction of sp³-hybridized carbons (Fsp3) is 0.500. The molecule has 76 valence electrons. The van der Waals surface area contributed by atoms with E-state index >= 15 is 0 Å². The molecule has 2 aliphatic rings. The summed E-state index contributed by atoms with van der Waals surface area (Å²) in [6, 6.07) is 3.70. The normalized spacial score (nSPS) is 28.4. The third kappa shape index (κ3) is 1.38. The van der Waals surface area contributed by atoms with E-state index in [1.165, 1.54) is 5.06 Å². The maximum absolute atomic E-state index is 11.1. The van der Waals surface area contributed by atoms with Gasteiger partial charge in [0.2, 0.25) is 5.54 Å². The van der Waals surface area contributed by atoms with Crippen LogP contribution in [0, 0.1) is 22.7 Å². The van der Waals surface area contributed by atoms with E-state index in [1.807, 2.05) is 18.2 Å². The summed E-state index contributed by atoms with van der Waals surface area (Å²) in [5.74, 6) is -0.378. The van der Waals surface area contributed by atoms with E-state index in [9.17, 15) is 4.79 Å². The lowest BCUT2D eigenvalue weighted by molar-refractivity contribution is -0.229. The summed E-state index contributed by atoms with van der Waals surface area (Å²) in [4.78, 5) is 16.1. The molecule has 1 saturated heterocycles. The fourth-order valence-electron chi connectivity index (χ4n) is 1.84. The second-order valence-corrected chi connectivity index (χ2v) is 3.61. The summed E-state index contributed by atoms with van der Waals surface area (Å²) in [7, 11) is 0. The van der Waals surface area contributed by atoms with Crippen LogP contribution in [0.5, 0.6) is 0 Å². The highest BCUT2D eigenvalue weighted by atomic mass is 16.7. The lowest BCUT2D eigenvalue weighted by Crippen LogP contribution is -2.56. The van der Waals surface area contributed by atoms with Gasteiger partial charge in [0.15, 0.2) is 0 Å². The Morgan fingerprint density at radius 2 is 2.27 bits per heavy atom. The van der Waals surface area contributed by atoms with E-state index in [0.29, 0.717) is 12.8 Å². The predicted molar refractivity (Wildman–Crippen MR) is 48.7 cm³/mol. The molecule has 15 heavy (non-hydrogen) atoms. The largest absolute Gasteiger partial charge is 0.365 e. The SMILES string of the molecule is N#CC1(C#N)CC=CC2CCC(=O)ON21. The number of hydroxylamine groups is 2. The fourth-order valence-corrected chi connectivity index (χ4v) is 1.84. The maximum Gasteiger partial charge on any atom is 0.325 e. The molecule has 0 N–H and O–H groups in total. The van der Waals surface area contributed by atoms with Crippen molar-refractivity contribution in [2.24, 2.45) is 0 Å². The van der Waals surface area contributed by atoms with Crippen LogP contribution in [0.3, 0.4) is 0 Å². The second kappa shape index (κ2) is 3.38. The Labute approximate surface area is 87.1 Å². The Morgan fingerprint density at radius 3 is 2.93 bits per heavy atom. The highest BCUT2D eigenvalue weighted by Crippen LogP contribution is 2.32. The monoisotopic (exact) mass is 203 g/mol. The average Bonchev–Trinajstić information content (AvgIpc) is 2.28. The molecule has 1 unspecified atom stereocenters. The Hall–Kier alpha value is -1.85. The number of fused-ring (bicyclic) bond motifs is 1. The van der Waals surface area contributed by atoms with Crippen molar-refractivity contribution in [3.63, 3.8) is 0 Å². The lowest BCUT2D eigenvalue weighted by Gasteiger charge is -2.40. The van der Waals surface area contributed by atoms with Gasteiger partial charge in [-0.15, -0.1) is 0 Å². The third-order valence-corrected chi connectivity index (χ3v) is 2.66. The van der Waals surface area contributed by atoms with Gasteiger partial charge in [-0.3, -0.25) is 4.79 Å². The minimum atomic E-state index is -1.35. The molecule has 0 aromatic rings. The van der Waals surface area contributed by atoms with Crippen molar-refractivity contribution in [1.82, 2.24) is 5.06 Å². The number of nitrogens with zero attached hydrogens (tertiary/aromatic N) is 3. The number of rotatable bonds is 0. The van der Waals surface area contributed by atoms with E-state index in [-0.39, 0.29) is 18.4 Å². The molecule has 0 spiro atoms. The van der Waals surface area contributed by atoms with Gasteiger partial charge in [0.05, 0.1) is 6.04 Å². The molecule has 1 atom stereocenters. The highest BCUT2D eigenvalue weighted by molar-refractivity contribution is 5.70. The summed E-state index contributed by atoms with van der Waals surface area (Å²) in [6.45, 7) is 0. The molecule has 0 amide bonds. The van der Waals surface area contributed by atoms with Crippen LogP contribution in [-0.4, -0.2) is 22.6 Å². The van der Waals surface area contributed by atoms with Gasteiger partial charge in [0.1, 0.15) is 12.1 Å². The van der Waals surface area contributed by atoms with E-state index in [0.717, 1.165) is 0 Å². The van der Waals surface area contributed by atoms with Crippen LogP contribution in [0.15, 0.2) is 12.2 Å². The zero-order valence-corrected chi connectivity index (χ0v) is 8.01. The van der Waals surface area contributed by atoms with Crippen molar-refractivity contribution in [2.45, 2.75) is 30.8 Å². The summed E-state index contributed by atoms with van der Waals surface area (Å²) >= 11 is 0. The lowest BCUT2D eigenvalue weighted by atomic mass is 9.90.